The molecule has 1 aromatic rings. The molecule has 0 radical (unpaired) electrons. The molecule has 0 heterocycles. The number of hydrogen-bond donors (Lipinski definition) is 3. The van der Waals surface area contributed by atoms with Crippen molar-refractivity contribution in [3.63, 3.8) is 0 Å². The minimum absolute atomic E-state index is 0.318. The van der Waals surface area contributed by atoms with Gasteiger partial charge in [-0.2, -0.15) is 0 Å². The van der Waals surface area contributed by atoms with E-state index in [-0.39, 0.29) is 6.54 Å². The number of carboxylic acids is 1. The van der Waals surface area contributed by atoms with Gasteiger partial charge in [0.05, 0.1) is 13.7 Å². The summed E-state index contributed by atoms with van der Waals surface area (Å²) in [5, 5.41) is 13.5. The lowest BCUT2D eigenvalue weighted by molar-refractivity contribution is -0.139. The number of methoxy groups -OCH3 is 1. The average Bonchev–Trinajstić information content (AvgIpc) is 2.39. The fourth-order valence-electron chi connectivity index (χ4n) is 1.40. The monoisotopic (exact) mass is 266 g/mol. The first-order chi connectivity index (χ1) is 9.04. The van der Waals surface area contributed by atoms with Gasteiger partial charge in [-0.25, -0.2) is 4.79 Å². The van der Waals surface area contributed by atoms with Crippen molar-refractivity contribution < 1.29 is 24.2 Å². The van der Waals surface area contributed by atoms with Crippen LogP contribution in [0.4, 0.5) is 4.79 Å². The maximum absolute atomic E-state index is 11.3. The molecule has 0 aromatic heterocycles. The van der Waals surface area contributed by atoms with Crippen LogP contribution in [0.25, 0.3) is 0 Å². The zero-order valence-electron chi connectivity index (χ0n) is 10.3. The molecule has 0 aliphatic carbocycles. The third-order valence-electron chi connectivity index (χ3n) is 2.27. The number of alkyl carbamates (subject to hydrolysis) is 1. The van der Waals surface area contributed by atoms with E-state index in [4.69, 9.17) is 5.11 Å². The molecule has 0 saturated heterocycles. The molecule has 1 aromatic carbocycles. The van der Waals surface area contributed by atoms with E-state index in [1.54, 1.807) is 30.3 Å². The van der Waals surface area contributed by atoms with Crippen LogP contribution < -0.4 is 10.6 Å². The number of imide groups is 1. The summed E-state index contributed by atoms with van der Waals surface area (Å²) in [6, 6.07) is 7.38. The zero-order chi connectivity index (χ0) is 14.3. The van der Waals surface area contributed by atoms with Crippen LogP contribution in [0.3, 0.4) is 0 Å². The van der Waals surface area contributed by atoms with E-state index >= 15 is 0 Å². The molecule has 0 spiro atoms. The van der Waals surface area contributed by atoms with E-state index < -0.39 is 24.0 Å². The second-order valence-corrected chi connectivity index (χ2v) is 3.60. The molecule has 0 saturated carbocycles. The molecule has 102 valence electrons. The van der Waals surface area contributed by atoms with Crippen LogP contribution in [0.5, 0.6) is 0 Å². The summed E-state index contributed by atoms with van der Waals surface area (Å²) >= 11 is 0. The van der Waals surface area contributed by atoms with Gasteiger partial charge in [-0.05, 0) is 5.56 Å². The van der Waals surface area contributed by atoms with Gasteiger partial charge in [-0.15, -0.1) is 0 Å². The second-order valence-electron chi connectivity index (χ2n) is 3.60. The van der Waals surface area contributed by atoms with Crippen LogP contribution in [0.1, 0.15) is 11.6 Å². The molecule has 7 nitrogen and oxygen atoms in total. The van der Waals surface area contributed by atoms with Gasteiger partial charge in [0.2, 0.25) is 5.91 Å². The van der Waals surface area contributed by atoms with E-state index in [9.17, 15) is 14.4 Å². The van der Waals surface area contributed by atoms with Crippen molar-refractivity contribution in [1.29, 1.82) is 0 Å². The standard InChI is InChI=1S/C12H14N2O5/c1-19-12(18)14-9(15)7-13-10(11(16)17)8-5-3-2-4-6-8/h2-6,10,13H,7H2,1H3,(H,16,17)(H,14,15,18). The molecule has 0 aliphatic heterocycles. The smallest absolute Gasteiger partial charge is 0.413 e. The molecule has 0 aliphatic rings. The largest absolute Gasteiger partial charge is 0.480 e. The van der Waals surface area contributed by atoms with Gasteiger partial charge in [0.15, 0.2) is 0 Å². The Hall–Kier alpha value is -2.41. The van der Waals surface area contributed by atoms with Crippen molar-refractivity contribution in [2.24, 2.45) is 0 Å². The van der Waals surface area contributed by atoms with Crippen molar-refractivity contribution in [3.05, 3.63) is 35.9 Å². The van der Waals surface area contributed by atoms with Crippen LogP contribution in [0.2, 0.25) is 0 Å². The minimum atomic E-state index is -1.11. The maximum Gasteiger partial charge on any atom is 0.413 e. The van der Waals surface area contributed by atoms with Gasteiger partial charge in [0.25, 0.3) is 0 Å². The summed E-state index contributed by atoms with van der Waals surface area (Å²) in [4.78, 5) is 33.2. The Labute approximate surface area is 109 Å². The molecule has 1 rings (SSSR count). The number of ether oxygens (including phenoxy) is 1. The van der Waals surface area contributed by atoms with E-state index in [1.165, 1.54) is 0 Å². The van der Waals surface area contributed by atoms with Crippen LogP contribution >= 0.6 is 0 Å². The van der Waals surface area contributed by atoms with Crippen LogP contribution in [-0.4, -0.2) is 36.7 Å². The first-order valence-electron chi connectivity index (χ1n) is 5.43. The highest BCUT2D eigenvalue weighted by atomic mass is 16.5. The highest BCUT2D eigenvalue weighted by molar-refractivity contribution is 5.93. The minimum Gasteiger partial charge on any atom is -0.480 e. The number of nitrogens with one attached hydrogen (secondary N) is 2. The fraction of sp³-hybridized carbons (Fsp3) is 0.250. The quantitative estimate of drug-likeness (QED) is 0.707. The average molecular weight is 266 g/mol. The predicted octanol–water partition coefficient (Wildman–Crippen LogP) is 0.285. The van der Waals surface area contributed by atoms with E-state index in [1.807, 2.05) is 5.32 Å². The third-order valence-corrected chi connectivity index (χ3v) is 2.27. The number of carboxylic acid groups (broad SMARTS) is 1. The van der Waals surface area contributed by atoms with Gasteiger partial charge in [-0.1, -0.05) is 30.3 Å². The van der Waals surface area contributed by atoms with Gasteiger partial charge in [-0.3, -0.25) is 20.2 Å². The highest BCUT2D eigenvalue weighted by Gasteiger charge is 2.20. The Bertz CT molecular complexity index is 460. The Morgan fingerprint density at radius 2 is 1.89 bits per heavy atom. The number of carbonyl (C=O) groups is 3. The molecule has 1 unspecified atom stereocenters. The SMILES string of the molecule is COC(=O)NC(=O)CNC(C(=O)O)c1ccccc1. The van der Waals surface area contributed by atoms with Crippen molar-refractivity contribution >= 4 is 18.0 Å². The van der Waals surface area contributed by atoms with Gasteiger partial charge in [0, 0.05) is 0 Å². The van der Waals surface area contributed by atoms with E-state index in [2.05, 4.69) is 10.1 Å². The van der Waals surface area contributed by atoms with Crippen LogP contribution in [0, 0.1) is 0 Å². The van der Waals surface area contributed by atoms with Gasteiger partial charge < -0.3 is 9.84 Å². The topological polar surface area (TPSA) is 105 Å². The molecule has 3 N–H and O–H groups in total. The molecule has 1 atom stereocenters. The molecule has 7 heteroatoms. The fourth-order valence-corrected chi connectivity index (χ4v) is 1.40. The second kappa shape index (κ2) is 7.12. The van der Waals surface area contributed by atoms with Crippen molar-refractivity contribution in [1.82, 2.24) is 10.6 Å². The molecule has 19 heavy (non-hydrogen) atoms. The number of rotatable bonds is 5. The molecular weight excluding hydrogens is 252 g/mol. The van der Waals surface area contributed by atoms with Crippen LogP contribution in [-0.2, 0) is 14.3 Å². The summed E-state index contributed by atoms with van der Waals surface area (Å²) in [6.07, 6.45) is -0.890. The predicted molar refractivity (Wildman–Crippen MR) is 65.4 cm³/mol. The normalized spacial score (nSPS) is 11.4. The Morgan fingerprint density at radius 3 is 2.42 bits per heavy atom. The summed E-state index contributed by atoms with van der Waals surface area (Å²) < 4.78 is 4.24. The summed E-state index contributed by atoms with van der Waals surface area (Å²) in [6.45, 7) is -0.318. The number of aliphatic carboxylic acids is 1. The molecule has 0 fully saturated rings. The lowest BCUT2D eigenvalue weighted by atomic mass is 10.1. The van der Waals surface area contributed by atoms with Gasteiger partial charge in [0.1, 0.15) is 6.04 Å². The number of benzene rings is 1. The lowest BCUT2D eigenvalue weighted by Gasteiger charge is -2.14. The summed E-state index contributed by atoms with van der Waals surface area (Å²) in [5.74, 6) is -1.79. The van der Waals surface area contributed by atoms with Crippen molar-refractivity contribution in [3.8, 4) is 0 Å². The molecule has 0 bridgehead atoms. The molecular formula is C12H14N2O5. The maximum atomic E-state index is 11.3. The first kappa shape index (κ1) is 14.7. The zero-order valence-corrected chi connectivity index (χ0v) is 10.3. The summed E-state index contributed by atoms with van der Waals surface area (Å²) in [7, 11) is 1.13. The summed E-state index contributed by atoms with van der Waals surface area (Å²) in [5.41, 5.74) is 0.515. The highest BCUT2D eigenvalue weighted by Crippen LogP contribution is 2.11. The first-order valence-corrected chi connectivity index (χ1v) is 5.43. The van der Waals surface area contributed by atoms with E-state index in [0.29, 0.717) is 5.56 Å². The lowest BCUT2D eigenvalue weighted by Crippen LogP contribution is -2.40. The Morgan fingerprint density at radius 1 is 1.26 bits per heavy atom. The Kier molecular flexibility index (Phi) is 5.49. The number of carbonyl (C=O) groups excluding carboxylic acids is 2. The number of amides is 2. The van der Waals surface area contributed by atoms with Gasteiger partial charge >= 0.3 is 12.1 Å². The Balaban J connectivity index is 2.59. The van der Waals surface area contributed by atoms with Crippen LogP contribution in [0.15, 0.2) is 30.3 Å². The van der Waals surface area contributed by atoms with E-state index in [0.717, 1.165) is 7.11 Å². The third kappa shape index (κ3) is 4.76. The molecule has 2 amide bonds. The van der Waals surface area contributed by atoms with Crippen molar-refractivity contribution in [2.75, 3.05) is 13.7 Å². The van der Waals surface area contributed by atoms with Crippen molar-refractivity contribution in [2.45, 2.75) is 6.04 Å². The number of hydrogen-bond acceptors (Lipinski definition) is 5.